The highest BCUT2D eigenvalue weighted by Gasteiger charge is 2.11. The van der Waals surface area contributed by atoms with Crippen molar-refractivity contribution in [1.29, 1.82) is 0 Å². The molecule has 0 atom stereocenters. The molecule has 2 aromatic rings. The summed E-state index contributed by atoms with van der Waals surface area (Å²) >= 11 is 0. The third-order valence-electron chi connectivity index (χ3n) is 4.55. The monoisotopic (exact) mass is 358 g/mol. The molecule has 0 spiro atoms. The van der Waals surface area contributed by atoms with Crippen LogP contribution >= 0.6 is 0 Å². The number of nitrogens with zero attached hydrogens (tertiary/aromatic N) is 4. The fraction of sp³-hybridized carbons (Fsp3) is 0.600. The predicted octanol–water partition coefficient (Wildman–Crippen LogP) is 3.85. The number of hydrogen-bond donors (Lipinski definition) is 1. The largest absolute Gasteiger partial charge is 0.478 e. The van der Waals surface area contributed by atoms with E-state index in [0.29, 0.717) is 11.5 Å². The van der Waals surface area contributed by atoms with E-state index < -0.39 is 5.97 Å². The van der Waals surface area contributed by atoms with Gasteiger partial charge in [0.25, 0.3) is 0 Å². The van der Waals surface area contributed by atoms with Crippen LogP contribution in [0.1, 0.15) is 73.4 Å². The minimum Gasteiger partial charge on any atom is -0.478 e. The molecular formula is C20H30N4O2. The lowest BCUT2D eigenvalue weighted by molar-refractivity contribution is 0.0696. The molecule has 0 aliphatic rings. The van der Waals surface area contributed by atoms with E-state index in [2.05, 4.69) is 33.6 Å². The minimum atomic E-state index is -0.899. The highest BCUT2D eigenvalue weighted by molar-refractivity contribution is 5.87. The fourth-order valence-corrected chi connectivity index (χ4v) is 3.07. The number of aromatic carboxylic acids is 1. The first-order valence-corrected chi connectivity index (χ1v) is 9.52. The van der Waals surface area contributed by atoms with Crippen molar-refractivity contribution in [3.8, 4) is 0 Å². The first-order chi connectivity index (χ1) is 12.4. The van der Waals surface area contributed by atoms with Gasteiger partial charge in [0.05, 0.1) is 5.56 Å². The Labute approximate surface area is 155 Å². The van der Waals surface area contributed by atoms with Crippen molar-refractivity contribution < 1.29 is 9.90 Å². The Hall–Kier alpha value is -2.24. The number of hydrogen-bond acceptors (Lipinski definition) is 4. The molecule has 0 aliphatic heterocycles. The van der Waals surface area contributed by atoms with Crippen LogP contribution in [0.4, 0.5) is 0 Å². The summed E-state index contributed by atoms with van der Waals surface area (Å²) in [6.45, 7) is 9.42. The average molecular weight is 358 g/mol. The maximum absolute atomic E-state index is 11.3. The van der Waals surface area contributed by atoms with E-state index in [4.69, 9.17) is 0 Å². The lowest BCUT2D eigenvalue weighted by Gasteiger charge is -2.10. The summed E-state index contributed by atoms with van der Waals surface area (Å²) in [4.78, 5) is 15.8. The van der Waals surface area contributed by atoms with Crippen LogP contribution in [0, 0.1) is 12.8 Å². The van der Waals surface area contributed by atoms with Gasteiger partial charge in [-0.1, -0.05) is 20.8 Å². The van der Waals surface area contributed by atoms with Gasteiger partial charge in [0.2, 0.25) is 0 Å². The molecule has 0 unspecified atom stereocenters. The summed E-state index contributed by atoms with van der Waals surface area (Å²) < 4.78 is 2.21. The highest BCUT2D eigenvalue weighted by Crippen LogP contribution is 2.13. The topological polar surface area (TPSA) is 80.9 Å². The maximum Gasteiger partial charge on any atom is 0.335 e. The van der Waals surface area contributed by atoms with E-state index in [9.17, 15) is 9.90 Å². The Morgan fingerprint density at radius 1 is 1.15 bits per heavy atom. The molecule has 0 amide bonds. The Morgan fingerprint density at radius 2 is 1.88 bits per heavy atom. The summed E-state index contributed by atoms with van der Waals surface area (Å²) in [6, 6.07) is 3.33. The lowest BCUT2D eigenvalue weighted by Crippen LogP contribution is -2.08. The van der Waals surface area contributed by atoms with E-state index in [-0.39, 0.29) is 0 Å². The normalized spacial score (nSPS) is 11.3. The van der Waals surface area contributed by atoms with Crippen molar-refractivity contribution in [3.63, 3.8) is 0 Å². The zero-order valence-electron chi connectivity index (χ0n) is 16.3. The number of carboxylic acid groups (broad SMARTS) is 1. The van der Waals surface area contributed by atoms with Crippen molar-refractivity contribution in [2.75, 3.05) is 0 Å². The first kappa shape index (κ1) is 20.1. The van der Waals surface area contributed by atoms with Gasteiger partial charge in [-0.2, -0.15) is 0 Å². The van der Waals surface area contributed by atoms with Crippen molar-refractivity contribution in [2.45, 2.75) is 72.8 Å². The van der Waals surface area contributed by atoms with E-state index in [1.54, 1.807) is 12.1 Å². The van der Waals surface area contributed by atoms with Crippen LogP contribution in [0.5, 0.6) is 0 Å². The summed E-state index contributed by atoms with van der Waals surface area (Å²) in [5.74, 6) is 1.78. The molecule has 2 rings (SSSR count). The van der Waals surface area contributed by atoms with Crippen LogP contribution in [0.25, 0.3) is 0 Å². The van der Waals surface area contributed by atoms with Crippen LogP contribution in [-0.2, 0) is 25.8 Å². The number of aryl methyl sites for hydroxylation is 4. The smallest absolute Gasteiger partial charge is 0.335 e. The maximum atomic E-state index is 11.3. The molecule has 2 heterocycles. The quantitative estimate of drug-likeness (QED) is 0.697. The summed E-state index contributed by atoms with van der Waals surface area (Å²) in [5.41, 5.74) is 1.98. The molecule has 0 saturated heterocycles. The summed E-state index contributed by atoms with van der Waals surface area (Å²) in [7, 11) is 0. The Kier molecular flexibility index (Phi) is 7.30. The number of carboxylic acids is 1. The standard InChI is InChI=1S/C20H30N4O2/c1-5-17-12-16(20(25)26)13-18(21-17)9-6-10-19-23-22-15(4)24(19)11-7-8-14(2)3/h12-14H,5-11H2,1-4H3,(H,25,26). The van der Waals surface area contributed by atoms with E-state index >= 15 is 0 Å². The Morgan fingerprint density at radius 3 is 2.54 bits per heavy atom. The molecule has 6 heteroatoms. The van der Waals surface area contributed by atoms with E-state index in [0.717, 1.165) is 61.7 Å². The highest BCUT2D eigenvalue weighted by atomic mass is 16.4. The Balaban J connectivity index is 1.98. The molecule has 0 bridgehead atoms. The molecule has 0 aliphatic carbocycles. The molecule has 0 fully saturated rings. The van der Waals surface area contributed by atoms with Crippen molar-refractivity contribution >= 4 is 5.97 Å². The third kappa shape index (κ3) is 5.64. The van der Waals surface area contributed by atoms with Gasteiger partial charge in [-0.25, -0.2) is 4.79 Å². The molecule has 142 valence electrons. The van der Waals surface area contributed by atoms with Crippen LogP contribution in [-0.4, -0.2) is 30.8 Å². The van der Waals surface area contributed by atoms with Crippen molar-refractivity contribution in [1.82, 2.24) is 19.7 Å². The molecule has 2 aromatic heterocycles. The number of carbonyl (C=O) groups is 1. The van der Waals surface area contributed by atoms with Crippen molar-refractivity contribution in [3.05, 3.63) is 40.7 Å². The van der Waals surface area contributed by atoms with Crippen LogP contribution in [0.15, 0.2) is 12.1 Å². The zero-order valence-corrected chi connectivity index (χ0v) is 16.3. The van der Waals surface area contributed by atoms with Gasteiger partial charge in [0.1, 0.15) is 11.6 Å². The molecule has 0 radical (unpaired) electrons. The van der Waals surface area contributed by atoms with Gasteiger partial charge in [-0.15, -0.1) is 10.2 Å². The van der Waals surface area contributed by atoms with Gasteiger partial charge in [-0.05, 0) is 57.1 Å². The number of aromatic nitrogens is 4. The third-order valence-corrected chi connectivity index (χ3v) is 4.55. The SMILES string of the molecule is CCc1cc(C(=O)O)cc(CCCc2nnc(C)n2CCCC(C)C)n1. The van der Waals surface area contributed by atoms with Gasteiger partial charge in [0.15, 0.2) is 0 Å². The summed E-state index contributed by atoms with van der Waals surface area (Å²) in [6.07, 6.45) is 5.50. The van der Waals surface area contributed by atoms with Gasteiger partial charge < -0.3 is 9.67 Å². The fourth-order valence-electron chi connectivity index (χ4n) is 3.07. The minimum absolute atomic E-state index is 0.319. The van der Waals surface area contributed by atoms with Gasteiger partial charge >= 0.3 is 5.97 Å². The molecule has 26 heavy (non-hydrogen) atoms. The first-order valence-electron chi connectivity index (χ1n) is 9.52. The van der Waals surface area contributed by atoms with E-state index in [1.165, 1.54) is 6.42 Å². The number of pyridine rings is 1. The van der Waals surface area contributed by atoms with Crippen LogP contribution in [0.2, 0.25) is 0 Å². The molecule has 0 aromatic carbocycles. The molecule has 1 N–H and O–H groups in total. The van der Waals surface area contributed by atoms with Crippen molar-refractivity contribution in [2.24, 2.45) is 5.92 Å². The van der Waals surface area contributed by atoms with Gasteiger partial charge in [-0.3, -0.25) is 4.98 Å². The average Bonchev–Trinajstić information content (AvgIpc) is 2.94. The Bertz CT molecular complexity index is 737. The lowest BCUT2D eigenvalue weighted by atomic mass is 10.1. The second kappa shape index (κ2) is 9.46. The zero-order chi connectivity index (χ0) is 19.1. The second-order valence-electron chi connectivity index (χ2n) is 7.20. The van der Waals surface area contributed by atoms with E-state index in [1.807, 2.05) is 13.8 Å². The second-order valence-corrected chi connectivity index (χ2v) is 7.20. The molecule has 6 nitrogen and oxygen atoms in total. The number of rotatable bonds is 10. The molecular weight excluding hydrogens is 328 g/mol. The predicted molar refractivity (Wildman–Crippen MR) is 101 cm³/mol. The van der Waals surface area contributed by atoms with Crippen LogP contribution < -0.4 is 0 Å². The van der Waals surface area contributed by atoms with Gasteiger partial charge in [0, 0.05) is 24.4 Å². The molecule has 0 saturated carbocycles. The van der Waals surface area contributed by atoms with Crippen LogP contribution in [0.3, 0.4) is 0 Å². The summed E-state index contributed by atoms with van der Waals surface area (Å²) in [5, 5.41) is 17.8.